The number of fused-ring (bicyclic) bond motifs is 1. The van der Waals surface area contributed by atoms with E-state index in [9.17, 15) is 19.7 Å². The molecule has 168 valence electrons. The van der Waals surface area contributed by atoms with Crippen LogP contribution in [0, 0.1) is 17.0 Å². The first-order valence-corrected chi connectivity index (χ1v) is 11.0. The van der Waals surface area contributed by atoms with Crippen molar-refractivity contribution in [1.29, 1.82) is 0 Å². The van der Waals surface area contributed by atoms with Crippen molar-refractivity contribution in [3.05, 3.63) is 79.3 Å². The third-order valence-corrected chi connectivity index (χ3v) is 6.32. The molecule has 0 aliphatic heterocycles. The summed E-state index contributed by atoms with van der Waals surface area (Å²) in [5.41, 5.74) is 1.20. The van der Waals surface area contributed by atoms with Crippen LogP contribution in [0.25, 0.3) is 15.9 Å². The van der Waals surface area contributed by atoms with Crippen molar-refractivity contribution in [1.82, 2.24) is 9.78 Å². The smallest absolute Gasteiger partial charge is 0.348 e. The summed E-state index contributed by atoms with van der Waals surface area (Å²) in [5.74, 6) is -1.34. The van der Waals surface area contributed by atoms with Gasteiger partial charge in [0.25, 0.3) is 11.6 Å². The number of amides is 1. The fourth-order valence-corrected chi connectivity index (χ4v) is 4.54. The van der Waals surface area contributed by atoms with Crippen LogP contribution in [0.4, 0.5) is 11.4 Å². The highest BCUT2D eigenvalue weighted by molar-refractivity contribution is 7.20. The molecule has 1 amide bonds. The molecule has 0 saturated carbocycles. The number of nitrogens with zero attached hydrogens (tertiary/aromatic N) is 3. The van der Waals surface area contributed by atoms with E-state index >= 15 is 0 Å². The molecule has 12 heteroatoms. The van der Waals surface area contributed by atoms with Crippen LogP contribution < -0.4 is 5.32 Å². The van der Waals surface area contributed by atoms with Gasteiger partial charge in [-0.25, -0.2) is 9.48 Å². The fraction of sp³-hybridized carbons (Fsp3) is 0.0952. The summed E-state index contributed by atoms with van der Waals surface area (Å²) in [6.07, 6.45) is 0. The zero-order chi connectivity index (χ0) is 23.7. The number of anilines is 1. The molecule has 4 aromatic rings. The largest absolute Gasteiger partial charge is 0.451 e. The van der Waals surface area contributed by atoms with Gasteiger partial charge < -0.3 is 10.1 Å². The molecule has 0 saturated heterocycles. The van der Waals surface area contributed by atoms with Gasteiger partial charge in [0.15, 0.2) is 6.61 Å². The number of rotatable bonds is 6. The predicted molar refractivity (Wildman–Crippen MR) is 126 cm³/mol. The lowest BCUT2D eigenvalue weighted by Gasteiger charge is -2.06. The van der Waals surface area contributed by atoms with Gasteiger partial charge in [-0.1, -0.05) is 35.3 Å². The van der Waals surface area contributed by atoms with Crippen molar-refractivity contribution in [2.45, 2.75) is 6.92 Å². The molecule has 0 aliphatic carbocycles. The number of nitro benzene ring substituents is 1. The first-order chi connectivity index (χ1) is 15.7. The van der Waals surface area contributed by atoms with Crippen LogP contribution in [0.1, 0.15) is 15.4 Å². The Morgan fingerprint density at radius 2 is 1.94 bits per heavy atom. The minimum Gasteiger partial charge on any atom is -0.451 e. The van der Waals surface area contributed by atoms with Crippen LogP contribution in [0.5, 0.6) is 0 Å². The Balaban J connectivity index is 1.47. The normalized spacial score (nSPS) is 10.9. The summed E-state index contributed by atoms with van der Waals surface area (Å²) < 4.78 is 6.78. The van der Waals surface area contributed by atoms with E-state index in [-0.39, 0.29) is 16.4 Å². The number of aryl methyl sites for hydroxylation is 1. The molecule has 2 aromatic heterocycles. The Morgan fingerprint density at radius 1 is 1.18 bits per heavy atom. The van der Waals surface area contributed by atoms with Gasteiger partial charge in [0.2, 0.25) is 0 Å². The molecule has 2 aromatic carbocycles. The average molecular weight is 505 g/mol. The molecule has 1 N–H and O–H groups in total. The number of aromatic nitrogens is 2. The lowest BCUT2D eigenvalue weighted by atomic mass is 10.3. The molecular formula is C21H14Cl2N4O5S. The second-order valence-corrected chi connectivity index (χ2v) is 8.67. The number of ether oxygens (including phenoxy) is 1. The van der Waals surface area contributed by atoms with Gasteiger partial charge in [-0.2, -0.15) is 5.10 Å². The lowest BCUT2D eigenvalue weighted by molar-refractivity contribution is -0.384. The summed E-state index contributed by atoms with van der Waals surface area (Å²) in [4.78, 5) is 36.0. The van der Waals surface area contributed by atoms with Gasteiger partial charge in [0, 0.05) is 17.1 Å². The van der Waals surface area contributed by atoms with Crippen LogP contribution in [-0.2, 0) is 9.53 Å². The quantitative estimate of drug-likeness (QED) is 0.213. The van der Waals surface area contributed by atoms with Gasteiger partial charge in [-0.3, -0.25) is 14.9 Å². The maximum Gasteiger partial charge on any atom is 0.348 e. The number of benzene rings is 2. The minimum atomic E-state index is -0.682. The summed E-state index contributed by atoms with van der Waals surface area (Å²) in [6.45, 7) is 1.25. The summed E-state index contributed by atoms with van der Waals surface area (Å²) >= 11 is 13.2. The van der Waals surface area contributed by atoms with Crippen molar-refractivity contribution >= 4 is 68.0 Å². The van der Waals surface area contributed by atoms with Crippen molar-refractivity contribution < 1.29 is 19.2 Å². The molecule has 2 heterocycles. The first kappa shape index (κ1) is 22.7. The molecule has 0 fully saturated rings. The molecule has 0 unspecified atom stereocenters. The highest BCUT2D eigenvalue weighted by Crippen LogP contribution is 2.33. The van der Waals surface area contributed by atoms with Gasteiger partial charge in [-0.15, -0.1) is 11.3 Å². The number of thiophene rings is 1. The lowest BCUT2D eigenvalue weighted by Crippen LogP contribution is -2.20. The molecule has 9 nitrogen and oxygen atoms in total. The number of nitrogens with one attached hydrogen (secondary N) is 1. The summed E-state index contributed by atoms with van der Waals surface area (Å²) in [6, 6.07) is 12.7. The molecule has 33 heavy (non-hydrogen) atoms. The van der Waals surface area contributed by atoms with Crippen LogP contribution >= 0.6 is 34.5 Å². The molecule has 0 atom stereocenters. The van der Waals surface area contributed by atoms with E-state index in [0.717, 1.165) is 22.8 Å². The van der Waals surface area contributed by atoms with Crippen LogP contribution in [0.15, 0.2) is 48.5 Å². The molecule has 0 radical (unpaired) electrons. The standard InChI is InChI=1S/C21H14Cl2N4O5S/c1-11-13-9-18(33-20(13)26(25-11)16-5-3-2-4-14(16)22)21(29)32-10-19(28)24-12-6-7-15(23)17(8-12)27(30)31/h2-9H,10H2,1H3,(H,24,28). The van der Waals surface area contributed by atoms with Gasteiger partial charge in [-0.05, 0) is 37.3 Å². The Hall–Kier alpha value is -3.47. The van der Waals surface area contributed by atoms with Crippen molar-refractivity contribution in [3.63, 3.8) is 0 Å². The van der Waals surface area contributed by atoms with Gasteiger partial charge in [0.1, 0.15) is 14.7 Å². The van der Waals surface area contributed by atoms with E-state index < -0.39 is 23.4 Å². The SMILES string of the molecule is Cc1nn(-c2ccccc2Cl)c2sc(C(=O)OCC(=O)Nc3ccc(Cl)c([N+](=O)[O-])c3)cc12. The summed E-state index contributed by atoms with van der Waals surface area (Å²) in [7, 11) is 0. The number of halogens is 2. The molecular weight excluding hydrogens is 491 g/mol. The Morgan fingerprint density at radius 3 is 2.67 bits per heavy atom. The number of nitro groups is 1. The van der Waals surface area contributed by atoms with Crippen LogP contribution in [-0.4, -0.2) is 33.2 Å². The maximum absolute atomic E-state index is 12.5. The van der Waals surface area contributed by atoms with E-state index in [1.165, 1.54) is 12.1 Å². The van der Waals surface area contributed by atoms with E-state index in [1.54, 1.807) is 16.8 Å². The highest BCUT2D eigenvalue weighted by Gasteiger charge is 2.20. The fourth-order valence-electron chi connectivity index (χ4n) is 3.06. The number of carbonyl (C=O) groups is 2. The van der Waals surface area contributed by atoms with Crippen molar-refractivity contribution in [2.75, 3.05) is 11.9 Å². The van der Waals surface area contributed by atoms with Gasteiger partial charge in [0.05, 0.1) is 21.3 Å². The number of carbonyl (C=O) groups excluding carboxylic acids is 2. The second kappa shape index (κ2) is 9.18. The Kier molecular flexibility index (Phi) is 6.32. The van der Waals surface area contributed by atoms with Crippen molar-refractivity contribution in [2.24, 2.45) is 0 Å². The van der Waals surface area contributed by atoms with Crippen LogP contribution in [0.2, 0.25) is 10.0 Å². The predicted octanol–water partition coefficient (Wildman–Crippen LogP) is 5.41. The molecule has 4 rings (SSSR count). The van der Waals surface area contributed by atoms with E-state index in [2.05, 4.69) is 10.4 Å². The molecule has 0 bridgehead atoms. The van der Waals surface area contributed by atoms with E-state index in [1.807, 2.05) is 25.1 Å². The number of para-hydroxylation sites is 1. The molecule has 0 spiro atoms. The number of esters is 1. The Bertz CT molecular complexity index is 1420. The first-order valence-electron chi connectivity index (χ1n) is 9.39. The van der Waals surface area contributed by atoms with Gasteiger partial charge >= 0.3 is 5.97 Å². The number of hydrogen-bond donors (Lipinski definition) is 1. The third kappa shape index (κ3) is 4.68. The Labute approximate surface area is 200 Å². The van der Waals surface area contributed by atoms with Crippen molar-refractivity contribution in [3.8, 4) is 5.69 Å². The average Bonchev–Trinajstić information content (AvgIpc) is 3.34. The maximum atomic E-state index is 12.5. The molecule has 0 aliphatic rings. The van der Waals surface area contributed by atoms with E-state index in [0.29, 0.717) is 26.1 Å². The minimum absolute atomic E-state index is 0.0557. The zero-order valence-corrected chi connectivity index (χ0v) is 19.2. The third-order valence-electron chi connectivity index (χ3n) is 4.59. The monoisotopic (exact) mass is 504 g/mol. The highest BCUT2D eigenvalue weighted by atomic mass is 35.5. The topological polar surface area (TPSA) is 116 Å². The van der Waals surface area contributed by atoms with Crippen LogP contribution in [0.3, 0.4) is 0 Å². The number of hydrogen-bond acceptors (Lipinski definition) is 7. The summed E-state index contributed by atoms with van der Waals surface area (Å²) in [5, 5.41) is 19.1. The zero-order valence-electron chi connectivity index (χ0n) is 16.9. The van der Waals surface area contributed by atoms with E-state index in [4.69, 9.17) is 27.9 Å². The second-order valence-electron chi connectivity index (χ2n) is 6.83.